The van der Waals surface area contributed by atoms with Gasteiger partial charge in [-0.2, -0.15) is 0 Å². The van der Waals surface area contributed by atoms with Gasteiger partial charge in [-0.25, -0.2) is 14.8 Å². The molecule has 5 rings (SSSR count). The van der Waals surface area contributed by atoms with Gasteiger partial charge < -0.3 is 24.7 Å². The molecule has 0 fully saturated rings. The van der Waals surface area contributed by atoms with Crippen LogP contribution in [0, 0.1) is 20.8 Å². The number of fused-ring (bicyclic) bond motifs is 3. The van der Waals surface area contributed by atoms with Crippen molar-refractivity contribution in [3.8, 4) is 16.9 Å². The zero-order valence-corrected chi connectivity index (χ0v) is 19.1. The summed E-state index contributed by atoms with van der Waals surface area (Å²) in [6.07, 6.45) is 0. The van der Waals surface area contributed by atoms with Gasteiger partial charge in [0.2, 0.25) is 0 Å². The van der Waals surface area contributed by atoms with Crippen LogP contribution in [0.1, 0.15) is 28.9 Å². The highest BCUT2D eigenvalue weighted by Crippen LogP contribution is 2.41. The molecule has 0 unspecified atom stereocenters. The number of aryl methyl sites for hydroxylation is 3. The van der Waals surface area contributed by atoms with Crippen LogP contribution >= 0.6 is 0 Å². The van der Waals surface area contributed by atoms with E-state index in [1.807, 2.05) is 32.0 Å². The third-order valence-electron chi connectivity index (χ3n) is 5.85. The number of ether oxygens (including phenoxy) is 1. The monoisotopic (exact) mass is 457 g/mol. The number of hydrogen-bond donors (Lipinski definition) is 3. The Labute approximate surface area is 194 Å². The van der Waals surface area contributed by atoms with Gasteiger partial charge in [0.15, 0.2) is 6.04 Å². The van der Waals surface area contributed by atoms with Gasteiger partial charge in [0.1, 0.15) is 28.8 Å². The van der Waals surface area contributed by atoms with Gasteiger partial charge in [-0.15, -0.1) is 0 Å². The van der Waals surface area contributed by atoms with E-state index in [2.05, 4.69) is 25.4 Å². The van der Waals surface area contributed by atoms with E-state index in [-0.39, 0.29) is 0 Å². The Morgan fingerprint density at radius 3 is 2.56 bits per heavy atom. The number of aliphatic carboxylic acids is 1. The number of nitrogens with zero attached hydrogens (tertiary/aromatic N) is 3. The Morgan fingerprint density at radius 1 is 1.15 bits per heavy atom. The van der Waals surface area contributed by atoms with Crippen LogP contribution in [0.15, 0.2) is 47.0 Å². The van der Waals surface area contributed by atoms with Crippen LogP contribution in [0.4, 0.5) is 5.82 Å². The van der Waals surface area contributed by atoms with Gasteiger partial charge in [0, 0.05) is 16.5 Å². The van der Waals surface area contributed by atoms with E-state index in [1.54, 1.807) is 38.3 Å². The summed E-state index contributed by atoms with van der Waals surface area (Å²) in [6.45, 7) is 5.51. The first kappa shape index (κ1) is 21.4. The van der Waals surface area contributed by atoms with Crippen molar-refractivity contribution in [2.75, 3.05) is 12.4 Å². The number of anilines is 1. The molecular weight excluding hydrogens is 434 g/mol. The van der Waals surface area contributed by atoms with Crippen molar-refractivity contribution in [2.24, 2.45) is 0 Å². The highest BCUT2D eigenvalue weighted by atomic mass is 16.5. The van der Waals surface area contributed by atoms with Crippen molar-refractivity contribution in [2.45, 2.75) is 26.8 Å². The molecule has 0 spiro atoms. The average Bonchev–Trinajstić information content (AvgIpc) is 3.34. The number of methoxy groups -OCH3 is 1. The SMILES string of the molecule is COc1cc2c(cc1-c1c(C)noc1C)[nH]c1nc(C)nc(N[C@H](C(=O)O)c3ccccc3)c12. The molecule has 5 aromatic rings. The van der Waals surface area contributed by atoms with Crippen molar-refractivity contribution >= 4 is 33.7 Å². The minimum Gasteiger partial charge on any atom is -0.496 e. The number of carbonyl (C=O) groups is 1. The van der Waals surface area contributed by atoms with E-state index in [1.165, 1.54) is 0 Å². The second-order valence-electron chi connectivity index (χ2n) is 8.09. The van der Waals surface area contributed by atoms with Crippen molar-refractivity contribution < 1.29 is 19.2 Å². The second-order valence-corrected chi connectivity index (χ2v) is 8.09. The smallest absolute Gasteiger partial charge is 0.330 e. The predicted octanol–water partition coefficient (Wildman–Crippen LogP) is 4.94. The lowest BCUT2D eigenvalue weighted by Crippen LogP contribution is -2.21. The molecule has 34 heavy (non-hydrogen) atoms. The summed E-state index contributed by atoms with van der Waals surface area (Å²) in [5, 5.41) is 18.6. The Bertz CT molecular complexity index is 1520. The van der Waals surface area contributed by atoms with Gasteiger partial charge >= 0.3 is 5.97 Å². The molecule has 2 aromatic carbocycles. The van der Waals surface area contributed by atoms with E-state index in [0.29, 0.717) is 39.7 Å². The maximum absolute atomic E-state index is 12.1. The Kier molecular flexibility index (Phi) is 5.16. The van der Waals surface area contributed by atoms with E-state index >= 15 is 0 Å². The topological polar surface area (TPSA) is 126 Å². The van der Waals surface area contributed by atoms with E-state index in [4.69, 9.17) is 9.26 Å². The summed E-state index contributed by atoms with van der Waals surface area (Å²) in [7, 11) is 1.60. The number of carboxylic acid groups (broad SMARTS) is 1. The molecule has 9 nitrogen and oxygen atoms in total. The van der Waals surface area contributed by atoms with E-state index in [9.17, 15) is 9.90 Å². The highest BCUT2D eigenvalue weighted by Gasteiger charge is 2.24. The van der Waals surface area contributed by atoms with Crippen LogP contribution in [0.2, 0.25) is 0 Å². The van der Waals surface area contributed by atoms with Gasteiger partial charge in [0.25, 0.3) is 0 Å². The molecule has 0 bridgehead atoms. The zero-order chi connectivity index (χ0) is 24.0. The fourth-order valence-electron chi connectivity index (χ4n) is 4.34. The van der Waals surface area contributed by atoms with Crippen molar-refractivity contribution in [1.82, 2.24) is 20.1 Å². The molecule has 0 aliphatic carbocycles. The number of H-pyrrole nitrogens is 1. The fraction of sp³-hybridized carbons (Fsp3) is 0.200. The number of rotatable bonds is 6. The van der Waals surface area contributed by atoms with Crippen LogP contribution in [0.25, 0.3) is 33.1 Å². The number of benzene rings is 2. The lowest BCUT2D eigenvalue weighted by molar-refractivity contribution is -0.138. The lowest BCUT2D eigenvalue weighted by atomic mass is 10.0. The quantitative estimate of drug-likeness (QED) is 0.327. The largest absolute Gasteiger partial charge is 0.496 e. The molecule has 172 valence electrons. The van der Waals surface area contributed by atoms with Crippen LogP contribution in [0.3, 0.4) is 0 Å². The predicted molar refractivity (Wildman–Crippen MR) is 128 cm³/mol. The second kappa shape index (κ2) is 8.18. The van der Waals surface area contributed by atoms with Gasteiger partial charge in [-0.05, 0) is 38.5 Å². The van der Waals surface area contributed by atoms with Crippen LogP contribution < -0.4 is 10.1 Å². The average molecular weight is 457 g/mol. The molecule has 0 saturated heterocycles. The third-order valence-corrected chi connectivity index (χ3v) is 5.85. The minimum absolute atomic E-state index is 0.428. The van der Waals surface area contributed by atoms with Crippen LogP contribution in [-0.4, -0.2) is 38.3 Å². The first-order valence-corrected chi connectivity index (χ1v) is 10.7. The molecule has 0 saturated carbocycles. The summed E-state index contributed by atoms with van der Waals surface area (Å²) in [5.74, 6) is 1.26. The van der Waals surface area contributed by atoms with Gasteiger partial charge in [-0.3, -0.25) is 0 Å². The van der Waals surface area contributed by atoms with Crippen LogP contribution in [0.5, 0.6) is 5.75 Å². The highest BCUT2D eigenvalue weighted by molar-refractivity contribution is 6.13. The Morgan fingerprint density at radius 2 is 1.91 bits per heavy atom. The van der Waals surface area contributed by atoms with Gasteiger partial charge in [0.05, 0.1) is 23.8 Å². The Hall–Kier alpha value is -4.40. The van der Waals surface area contributed by atoms with Crippen molar-refractivity contribution in [1.29, 1.82) is 0 Å². The molecule has 0 radical (unpaired) electrons. The Balaban J connectivity index is 1.72. The van der Waals surface area contributed by atoms with E-state index in [0.717, 1.165) is 27.7 Å². The number of carboxylic acids is 1. The summed E-state index contributed by atoms with van der Waals surface area (Å²) in [4.78, 5) is 24.6. The molecule has 9 heteroatoms. The fourth-order valence-corrected chi connectivity index (χ4v) is 4.34. The summed E-state index contributed by atoms with van der Waals surface area (Å²) in [5.41, 5.74) is 4.49. The van der Waals surface area contributed by atoms with Crippen molar-refractivity contribution in [3.05, 3.63) is 65.3 Å². The number of aromatic nitrogens is 4. The summed E-state index contributed by atoms with van der Waals surface area (Å²) in [6, 6.07) is 11.9. The van der Waals surface area contributed by atoms with Crippen molar-refractivity contribution in [3.63, 3.8) is 0 Å². The molecule has 3 N–H and O–H groups in total. The molecule has 3 aromatic heterocycles. The maximum Gasteiger partial charge on any atom is 0.330 e. The number of hydrogen-bond acceptors (Lipinski definition) is 7. The third kappa shape index (κ3) is 3.51. The first-order valence-electron chi connectivity index (χ1n) is 10.7. The summed E-state index contributed by atoms with van der Waals surface area (Å²) < 4.78 is 11.1. The molecule has 3 heterocycles. The zero-order valence-electron chi connectivity index (χ0n) is 19.1. The number of aromatic amines is 1. The molecule has 1 atom stereocenters. The minimum atomic E-state index is -1.01. The van der Waals surface area contributed by atoms with Gasteiger partial charge in [-0.1, -0.05) is 35.5 Å². The maximum atomic E-state index is 12.1. The standard InChI is InChI=1S/C25H23N5O4/c1-12-20(13(2)34-30-12)17-10-18-16(11-19(17)33-4)21-23(28-18)26-14(3)27-24(21)29-22(25(31)32)15-8-6-5-7-9-15/h5-11,22H,1-4H3,(H,31,32)(H2,26,27,28,29)/t22-/m0/s1. The van der Waals surface area contributed by atoms with E-state index < -0.39 is 12.0 Å². The summed E-state index contributed by atoms with van der Waals surface area (Å²) >= 11 is 0. The lowest BCUT2D eigenvalue weighted by Gasteiger charge is -2.16. The molecule has 0 aliphatic heterocycles. The first-order chi connectivity index (χ1) is 16.4. The number of nitrogens with one attached hydrogen (secondary N) is 2. The normalized spacial score (nSPS) is 12.2. The molecular formula is C25H23N5O4. The van der Waals surface area contributed by atoms with Crippen LogP contribution in [-0.2, 0) is 4.79 Å². The molecule has 0 amide bonds. The molecule has 0 aliphatic rings.